The number of aromatic hydroxyl groups is 1. The van der Waals surface area contributed by atoms with Crippen molar-refractivity contribution in [1.82, 2.24) is 16.0 Å². The molecule has 10 rings (SSSR count). The summed E-state index contributed by atoms with van der Waals surface area (Å²) in [6.45, 7) is 15.6. The minimum absolute atomic E-state index is 0.0116. The lowest BCUT2D eigenvalue weighted by molar-refractivity contribution is -0.158. The second kappa shape index (κ2) is 21.0. The third-order valence-electron chi connectivity index (χ3n) is 17.7. The second-order valence-corrected chi connectivity index (χ2v) is 21.7. The molecule has 1 saturated heterocycles. The molecule has 15 heteroatoms. The summed E-state index contributed by atoms with van der Waals surface area (Å²) in [6.07, 6.45) is 16.7. The topological polar surface area (TPSA) is 210 Å². The van der Waals surface area contributed by atoms with Crippen LogP contribution in [0.2, 0.25) is 0 Å². The van der Waals surface area contributed by atoms with E-state index in [9.17, 15) is 29.4 Å². The number of carbonyl (C=O) groups excluding carboxylic acids is 4. The molecule has 15 nitrogen and oxygen atoms in total. The summed E-state index contributed by atoms with van der Waals surface area (Å²) in [5.41, 5.74) is 13.2. The van der Waals surface area contributed by atoms with Crippen molar-refractivity contribution >= 4 is 40.9 Å². The molecule has 5 aliphatic heterocycles. The van der Waals surface area contributed by atoms with E-state index in [1.807, 2.05) is 37.3 Å². The fourth-order valence-corrected chi connectivity index (χ4v) is 13.7. The highest BCUT2D eigenvalue weighted by molar-refractivity contribution is 6.23. The zero-order chi connectivity index (χ0) is 52.9. The molecule has 2 amide bonds. The molecule has 0 unspecified atom stereocenters. The van der Waals surface area contributed by atoms with Gasteiger partial charge in [-0.25, -0.2) is 15.0 Å². The maximum Gasteiger partial charge on any atom is 0.321 e. The quantitative estimate of drug-likeness (QED) is 0.0785. The first-order valence-corrected chi connectivity index (χ1v) is 26.9. The average molecular weight is 1020 g/mol. The lowest BCUT2D eigenvalue weighted by atomic mass is 9.55. The van der Waals surface area contributed by atoms with Crippen LogP contribution in [0.25, 0.3) is 0 Å². The van der Waals surface area contributed by atoms with Crippen LogP contribution in [0.5, 0.6) is 5.75 Å². The maximum absolute atomic E-state index is 13.6. The predicted molar refractivity (Wildman–Crippen MR) is 286 cm³/mol. The molecule has 1 aromatic carbocycles. The Bertz CT molecular complexity index is 3010. The normalized spacial score (nSPS) is 28.0. The van der Waals surface area contributed by atoms with Crippen LogP contribution in [-0.2, 0) is 39.8 Å². The highest BCUT2D eigenvalue weighted by Crippen LogP contribution is 2.62. The van der Waals surface area contributed by atoms with Crippen molar-refractivity contribution in [2.75, 3.05) is 33.4 Å². The van der Waals surface area contributed by atoms with Crippen molar-refractivity contribution in [1.29, 1.82) is 0 Å². The van der Waals surface area contributed by atoms with E-state index in [4.69, 9.17) is 29.2 Å². The standard InChI is InChI=1S/C60H70N6O9/c1-8-37-31(3)46-30-49-38(9-2)32(4)45(65-49)29-47-33(5)39(56(66-47)54-55(59(72)73-7)58(71)43-27-35(63-57(43)54)28-48(37)64-46)14-17-51(68)61-22-24-74-25-23-62-52(69)18-19-53(70)75-50-16-15-44-42-12-10-34-26-36(67)11-13-40(34)41(42)20-21-60(44,50)6/h9,11,13,26-30,33,39,41-42,44,50,55,66-67,71H,2,8,10,12,14-25H2,1,3-7H3,(H,61,68)(H,62,69)/t33-,39-,41+,42+,44-,50-,55-,60-/m0/s1. The summed E-state index contributed by atoms with van der Waals surface area (Å²) in [4.78, 5) is 68.0. The lowest BCUT2D eigenvalue weighted by Gasteiger charge is -2.50. The number of phenols is 1. The Labute approximate surface area is 439 Å². The van der Waals surface area contributed by atoms with Crippen LogP contribution in [0.3, 0.4) is 0 Å². The molecule has 9 aliphatic rings. The number of fused-ring (bicyclic) bond motifs is 10. The molecule has 0 aromatic heterocycles. The van der Waals surface area contributed by atoms with Crippen molar-refractivity contribution in [3.05, 3.63) is 134 Å². The third kappa shape index (κ3) is 9.61. The molecule has 0 radical (unpaired) electrons. The van der Waals surface area contributed by atoms with Crippen LogP contribution in [0.4, 0.5) is 0 Å². The molecule has 0 spiro atoms. The molecule has 8 atom stereocenters. The molecule has 5 heterocycles. The minimum atomic E-state index is -1.12. The Morgan fingerprint density at radius 2 is 1.65 bits per heavy atom. The number of aliphatic hydroxyl groups is 1. The van der Waals surface area contributed by atoms with E-state index < -0.39 is 11.9 Å². The van der Waals surface area contributed by atoms with Crippen molar-refractivity contribution in [3.63, 3.8) is 0 Å². The number of ether oxygens (including phenoxy) is 3. The van der Waals surface area contributed by atoms with Crippen LogP contribution in [-0.4, -0.2) is 90.6 Å². The number of aliphatic imine (C=N–C) groups is 3. The number of hydrogen-bond acceptors (Lipinski definition) is 13. The summed E-state index contributed by atoms with van der Waals surface area (Å²) in [5, 5.41) is 31.2. The van der Waals surface area contributed by atoms with Crippen LogP contribution in [0.1, 0.15) is 116 Å². The fraction of sp³-hybridized carbons (Fsp3) is 0.483. The number of phenolic OH excluding ortho intramolecular Hbond substituents is 1. The van der Waals surface area contributed by atoms with Crippen LogP contribution in [0, 0.1) is 35.0 Å². The van der Waals surface area contributed by atoms with Gasteiger partial charge in [0.1, 0.15) is 23.5 Å². The first-order chi connectivity index (χ1) is 36.1. The van der Waals surface area contributed by atoms with Crippen LogP contribution in [0.15, 0.2) is 138 Å². The zero-order valence-corrected chi connectivity index (χ0v) is 44.1. The lowest BCUT2D eigenvalue weighted by Crippen LogP contribution is -2.45. The van der Waals surface area contributed by atoms with Crippen molar-refractivity contribution in [3.8, 4) is 5.75 Å². The molecule has 394 valence electrons. The van der Waals surface area contributed by atoms with Gasteiger partial charge in [-0.15, -0.1) is 0 Å². The van der Waals surface area contributed by atoms with Gasteiger partial charge in [-0.05, 0) is 147 Å². The number of esters is 2. The van der Waals surface area contributed by atoms with Gasteiger partial charge in [-0.3, -0.25) is 19.2 Å². The number of aryl methyl sites for hydroxylation is 1. The van der Waals surface area contributed by atoms with Crippen molar-refractivity contribution < 1.29 is 43.6 Å². The number of carbonyl (C=O) groups is 4. The molecular formula is C60H70N6O9. The maximum atomic E-state index is 13.6. The van der Waals surface area contributed by atoms with Crippen LogP contribution >= 0.6 is 0 Å². The number of benzene rings is 1. The van der Waals surface area contributed by atoms with E-state index in [0.29, 0.717) is 58.2 Å². The van der Waals surface area contributed by atoms with Gasteiger partial charge < -0.3 is 40.4 Å². The number of methoxy groups -OCH3 is 1. The van der Waals surface area contributed by atoms with Crippen molar-refractivity contribution in [2.24, 2.45) is 50.0 Å². The zero-order valence-electron chi connectivity index (χ0n) is 44.1. The highest BCUT2D eigenvalue weighted by Gasteiger charge is 2.56. The predicted octanol–water partition coefficient (Wildman–Crippen LogP) is 8.84. The van der Waals surface area contributed by atoms with Gasteiger partial charge >= 0.3 is 11.9 Å². The number of nitrogens with one attached hydrogen (secondary N) is 3. The molecule has 1 aromatic rings. The molecule has 3 fully saturated rings. The second-order valence-electron chi connectivity index (χ2n) is 21.7. The van der Waals surface area contributed by atoms with Gasteiger partial charge in [0.15, 0.2) is 0 Å². The molecule has 75 heavy (non-hydrogen) atoms. The van der Waals surface area contributed by atoms with Gasteiger partial charge in [-0.2, -0.15) is 0 Å². The van der Waals surface area contributed by atoms with E-state index in [2.05, 4.69) is 56.3 Å². The Kier molecular flexibility index (Phi) is 14.5. The number of rotatable bonds is 16. The molecule has 8 bridgehead atoms. The Morgan fingerprint density at radius 1 is 0.907 bits per heavy atom. The number of nitrogens with zero attached hydrogens (tertiary/aromatic N) is 3. The van der Waals surface area contributed by atoms with Crippen LogP contribution < -0.4 is 16.0 Å². The van der Waals surface area contributed by atoms with Crippen molar-refractivity contribution in [2.45, 2.75) is 117 Å². The monoisotopic (exact) mass is 1020 g/mol. The Hall–Kier alpha value is -6.87. The summed E-state index contributed by atoms with van der Waals surface area (Å²) in [6, 6.07) is 5.83. The molecule has 5 N–H and O–H groups in total. The highest BCUT2D eigenvalue weighted by atomic mass is 16.5. The third-order valence-corrected chi connectivity index (χ3v) is 17.7. The van der Waals surface area contributed by atoms with Gasteiger partial charge in [0.2, 0.25) is 11.8 Å². The Balaban J connectivity index is 0.722. The first kappa shape index (κ1) is 51.6. The smallest absolute Gasteiger partial charge is 0.321 e. The largest absolute Gasteiger partial charge is 0.510 e. The summed E-state index contributed by atoms with van der Waals surface area (Å²) < 4.78 is 17.1. The fourth-order valence-electron chi connectivity index (χ4n) is 13.7. The molecule has 4 aliphatic carbocycles. The first-order valence-electron chi connectivity index (χ1n) is 26.9. The minimum Gasteiger partial charge on any atom is -0.510 e. The molecule has 2 saturated carbocycles. The summed E-state index contributed by atoms with van der Waals surface area (Å²) in [7, 11) is 1.30. The number of aliphatic hydroxyl groups excluding tert-OH is 1. The summed E-state index contributed by atoms with van der Waals surface area (Å²) in [5.74, 6) is -1.25. The van der Waals surface area contributed by atoms with E-state index in [1.165, 1.54) is 18.2 Å². The number of hydrogen-bond donors (Lipinski definition) is 5. The van der Waals surface area contributed by atoms with Gasteiger partial charge in [0.25, 0.3) is 0 Å². The number of allylic oxidation sites excluding steroid dienone is 11. The van der Waals surface area contributed by atoms with E-state index >= 15 is 0 Å². The Morgan fingerprint density at radius 3 is 2.40 bits per heavy atom. The van der Waals surface area contributed by atoms with Gasteiger partial charge in [-0.1, -0.05) is 39.5 Å². The van der Waals surface area contributed by atoms with Gasteiger partial charge in [0.05, 0.1) is 61.0 Å². The average Bonchev–Trinajstić information content (AvgIpc) is 4.23. The van der Waals surface area contributed by atoms with E-state index in [1.54, 1.807) is 12.1 Å². The van der Waals surface area contributed by atoms with E-state index in [-0.39, 0.29) is 92.5 Å². The SMILES string of the molecule is C=CC1=C(C)C2=NC1=CC1=NC(=CC3=CC4=C(O)[C@@H](C(=O)OC)C(=C5NC(=C2)[C@@H](C)[C@@H]5CCC(=O)NCCOCCNC(=O)CCC(=O)O[C@H]2CC[C@H]5[C@@H]6CCc7cc(O)ccc7[C@H]6CC[C@]25C)C4=N3)C(CC)=C1C. The van der Waals surface area contributed by atoms with Gasteiger partial charge in [0, 0.05) is 71.3 Å². The summed E-state index contributed by atoms with van der Waals surface area (Å²) >= 11 is 0. The molecular weight excluding hydrogens is 949 g/mol. The number of amides is 2. The van der Waals surface area contributed by atoms with E-state index in [0.717, 1.165) is 95.8 Å².